The predicted octanol–water partition coefficient (Wildman–Crippen LogP) is 2.07. The highest BCUT2D eigenvalue weighted by molar-refractivity contribution is 7.99. The number of hydrogen-bond donors (Lipinski definition) is 2. The number of thioether (sulfide) groups is 1. The maximum Gasteiger partial charge on any atom is 0.339 e. The van der Waals surface area contributed by atoms with Gasteiger partial charge >= 0.3 is 17.9 Å². The maximum atomic E-state index is 13.1. The summed E-state index contributed by atoms with van der Waals surface area (Å²) in [4.78, 5) is 37.0. The fourth-order valence-corrected chi connectivity index (χ4v) is 4.39. The summed E-state index contributed by atoms with van der Waals surface area (Å²) in [7, 11) is 2.74. The molecule has 1 aromatic carbocycles. The molecule has 0 bridgehead atoms. The van der Waals surface area contributed by atoms with Gasteiger partial charge in [-0.1, -0.05) is 18.3 Å². The van der Waals surface area contributed by atoms with Crippen LogP contribution in [0.3, 0.4) is 0 Å². The first-order valence-corrected chi connectivity index (χ1v) is 11.3. The summed E-state index contributed by atoms with van der Waals surface area (Å²) in [6.07, 6.45) is -0.252. The Morgan fingerprint density at radius 3 is 2.69 bits per heavy atom. The third-order valence-electron chi connectivity index (χ3n) is 4.82. The Labute approximate surface area is 196 Å². The fourth-order valence-electron chi connectivity index (χ4n) is 3.15. The van der Waals surface area contributed by atoms with Gasteiger partial charge in [-0.25, -0.2) is 9.59 Å². The highest BCUT2D eigenvalue weighted by Crippen LogP contribution is 2.35. The van der Waals surface area contributed by atoms with Crippen molar-refractivity contribution in [3.05, 3.63) is 28.8 Å². The third-order valence-corrected chi connectivity index (χ3v) is 6.24. The number of hydrogen-bond acceptors (Lipinski definition) is 10. The number of carbonyl (C=O) groups is 3. The van der Waals surface area contributed by atoms with E-state index >= 15 is 0 Å². The van der Waals surface area contributed by atoms with E-state index in [1.54, 1.807) is 19.1 Å². The number of methoxy groups -OCH3 is 2. The molecule has 1 aromatic rings. The van der Waals surface area contributed by atoms with Crippen molar-refractivity contribution in [2.75, 3.05) is 26.6 Å². The number of cyclic esters (lactones) is 1. The lowest BCUT2D eigenvalue weighted by Gasteiger charge is -2.21. The van der Waals surface area contributed by atoms with Gasteiger partial charge in [-0.2, -0.15) is 0 Å². The molecule has 3 atom stereocenters. The van der Waals surface area contributed by atoms with Crippen molar-refractivity contribution in [1.82, 2.24) is 5.32 Å². The van der Waals surface area contributed by atoms with Crippen LogP contribution in [0.4, 0.5) is 0 Å². The number of esters is 3. The summed E-state index contributed by atoms with van der Waals surface area (Å²) in [5, 5.41) is 13.8. The maximum absolute atomic E-state index is 13.1. The first kappa shape index (κ1) is 25.9. The fraction of sp³-hybridized carbons (Fsp3) is 0.524. The molecular weight excluding hydrogens is 458 g/mol. The van der Waals surface area contributed by atoms with Crippen molar-refractivity contribution in [3.8, 4) is 5.75 Å². The van der Waals surface area contributed by atoms with Crippen LogP contribution >= 0.6 is 24.0 Å². The summed E-state index contributed by atoms with van der Waals surface area (Å²) in [5.74, 6) is -1.13. The van der Waals surface area contributed by atoms with Crippen LogP contribution in [-0.2, 0) is 23.8 Å². The summed E-state index contributed by atoms with van der Waals surface area (Å²) < 4.78 is 20.8. The quantitative estimate of drug-likeness (QED) is 0.370. The van der Waals surface area contributed by atoms with E-state index in [-0.39, 0.29) is 30.8 Å². The van der Waals surface area contributed by atoms with Crippen LogP contribution in [0, 0.1) is 6.92 Å². The molecule has 0 fully saturated rings. The molecule has 1 unspecified atom stereocenters. The Balaban J connectivity index is 2.47. The number of aliphatic hydroxyl groups excluding tert-OH is 1. The van der Waals surface area contributed by atoms with Crippen LogP contribution in [0.2, 0.25) is 0 Å². The van der Waals surface area contributed by atoms with E-state index in [1.165, 1.54) is 21.1 Å². The van der Waals surface area contributed by atoms with Gasteiger partial charge in [0, 0.05) is 30.2 Å². The minimum Gasteiger partial charge on any atom is -0.496 e. The van der Waals surface area contributed by atoms with Crippen molar-refractivity contribution in [3.63, 3.8) is 0 Å². The molecule has 0 saturated heterocycles. The van der Waals surface area contributed by atoms with Gasteiger partial charge in [-0.15, -0.1) is 11.8 Å². The number of carbonyl (C=O) groups excluding carboxylic acids is 3. The molecule has 0 radical (unpaired) electrons. The lowest BCUT2D eigenvalue weighted by molar-refractivity contribution is -0.144. The number of fused-ring (bicyclic) bond motifs is 1. The van der Waals surface area contributed by atoms with E-state index in [2.05, 4.69) is 5.32 Å². The lowest BCUT2D eigenvalue weighted by Crippen LogP contribution is -2.43. The number of ether oxygens (including phenoxy) is 4. The Morgan fingerprint density at radius 1 is 1.34 bits per heavy atom. The van der Waals surface area contributed by atoms with Crippen LogP contribution in [0.1, 0.15) is 46.7 Å². The van der Waals surface area contributed by atoms with Crippen molar-refractivity contribution in [2.45, 2.75) is 44.3 Å². The van der Waals surface area contributed by atoms with Crippen LogP contribution in [0.5, 0.6) is 5.75 Å². The average molecular weight is 486 g/mol. The monoisotopic (exact) mass is 485 g/mol. The molecule has 0 aliphatic carbocycles. The zero-order valence-electron chi connectivity index (χ0n) is 18.3. The number of benzene rings is 1. The average Bonchev–Trinajstić information content (AvgIpc) is 2.77. The van der Waals surface area contributed by atoms with Crippen LogP contribution < -0.4 is 10.1 Å². The van der Waals surface area contributed by atoms with Gasteiger partial charge in [-0.3, -0.25) is 4.79 Å². The van der Waals surface area contributed by atoms with Crippen molar-refractivity contribution < 1.29 is 38.4 Å². The Morgan fingerprint density at radius 2 is 2.06 bits per heavy atom. The van der Waals surface area contributed by atoms with Crippen molar-refractivity contribution in [2.24, 2.45) is 0 Å². The number of rotatable bonds is 4. The number of aliphatic hydroxyl groups is 1. The normalized spacial score (nSPS) is 22.1. The summed E-state index contributed by atoms with van der Waals surface area (Å²) in [6, 6.07) is 2.43. The van der Waals surface area contributed by atoms with Crippen LogP contribution in [0.25, 0.3) is 0 Å². The molecule has 9 nitrogen and oxygen atoms in total. The molecule has 176 valence electrons. The van der Waals surface area contributed by atoms with E-state index < -0.39 is 35.5 Å². The highest BCUT2D eigenvalue weighted by Gasteiger charge is 2.29. The van der Waals surface area contributed by atoms with E-state index in [9.17, 15) is 19.5 Å². The molecular formula is C21H27NO8S2. The molecule has 1 aliphatic rings. The smallest absolute Gasteiger partial charge is 0.339 e. The minimum absolute atomic E-state index is 0.143. The van der Waals surface area contributed by atoms with Gasteiger partial charge in [0.2, 0.25) is 0 Å². The molecule has 0 saturated carbocycles. The van der Waals surface area contributed by atoms with Crippen LogP contribution in [0.15, 0.2) is 12.1 Å². The first-order valence-electron chi connectivity index (χ1n) is 9.86. The highest BCUT2D eigenvalue weighted by atomic mass is 32.2. The molecule has 11 heteroatoms. The van der Waals surface area contributed by atoms with E-state index in [0.717, 1.165) is 11.8 Å². The molecule has 0 aromatic heterocycles. The van der Waals surface area contributed by atoms with Crippen LogP contribution in [-0.4, -0.2) is 66.7 Å². The van der Waals surface area contributed by atoms with Gasteiger partial charge in [0.25, 0.3) is 0 Å². The van der Waals surface area contributed by atoms with E-state index in [1.807, 2.05) is 0 Å². The van der Waals surface area contributed by atoms with Crippen molar-refractivity contribution >= 4 is 46.9 Å². The van der Waals surface area contributed by atoms with Gasteiger partial charge in [0.15, 0.2) is 0 Å². The minimum atomic E-state index is -1.14. The van der Waals surface area contributed by atoms with Crippen molar-refractivity contribution in [1.29, 1.82) is 0 Å². The largest absolute Gasteiger partial charge is 0.496 e. The SMILES string of the molecule is COC(=O)[C@@H]1CSC(O)c2ccc(OC)c(C)c2C(=O)O[C@H](COC(C)=O)CCC(=S)N1. The van der Waals surface area contributed by atoms with Gasteiger partial charge in [-0.05, 0) is 19.4 Å². The Hall–Kier alpha value is -2.37. The molecule has 0 amide bonds. The standard InChI is InChI=1S/C21H27NO8S2/c1-11-16(27-3)7-6-14-18(11)20(25)30-13(9-29-12(2)23)5-8-17(31)22-15(19(24)28-4)10-32-21(14)26/h6-7,13,15,21,26H,5,8-10H2,1-4H3,(H,22,31)/t13-,15-,21?/m0/s1. The molecule has 1 heterocycles. The van der Waals surface area contributed by atoms with E-state index in [0.29, 0.717) is 21.9 Å². The lowest BCUT2D eigenvalue weighted by atomic mass is 10.0. The number of nitrogens with one attached hydrogen (secondary N) is 1. The van der Waals surface area contributed by atoms with E-state index in [4.69, 9.17) is 31.2 Å². The topological polar surface area (TPSA) is 120 Å². The molecule has 2 N–H and O–H groups in total. The van der Waals surface area contributed by atoms with Gasteiger partial charge in [0.05, 0.1) is 24.8 Å². The van der Waals surface area contributed by atoms with Gasteiger partial charge < -0.3 is 29.4 Å². The third kappa shape index (κ3) is 6.81. The molecule has 2 rings (SSSR count). The zero-order chi connectivity index (χ0) is 23.8. The Kier molecular flexibility index (Phi) is 9.73. The van der Waals surface area contributed by atoms with Gasteiger partial charge in [0.1, 0.15) is 29.9 Å². The second-order valence-electron chi connectivity index (χ2n) is 7.05. The first-order chi connectivity index (χ1) is 15.2. The Bertz CT molecular complexity index is 876. The summed E-state index contributed by atoms with van der Waals surface area (Å²) >= 11 is 6.38. The molecule has 0 spiro atoms. The number of thiocarbonyl (C=S) groups is 1. The molecule has 1 aliphatic heterocycles. The zero-order valence-corrected chi connectivity index (χ0v) is 20.0. The summed E-state index contributed by atoms with van der Waals surface area (Å²) in [5.41, 5.74) is -0.178. The summed E-state index contributed by atoms with van der Waals surface area (Å²) in [6.45, 7) is 2.79. The second-order valence-corrected chi connectivity index (χ2v) is 8.66. The molecule has 32 heavy (non-hydrogen) atoms. The second kappa shape index (κ2) is 12.0. The predicted molar refractivity (Wildman–Crippen MR) is 122 cm³/mol.